The zero-order chi connectivity index (χ0) is 10.4. The van der Waals surface area contributed by atoms with E-state index in [1.807, 2.05) is 6.07 Å². The van der Waals surface area contributed by atoms with Gasteiger partial charge in [0, 0.05) is 12.1 Å². The first-order chi connectivity index (χ1) is 6.77. The van der Waals surface area contributed by atoms with E-state index in [-0.39, 0.29) is 12.2 Å². The Bertz CT molecular complexity index is 377. The van der Waals surface area contributed by atoms with Crippen LogP contribution in [0.3, 0.4) is 0 Å². The van der Waals surface area contributed by atoms with E-state index in [4.69, 9.17) is 11.0 Å². The van der Waals surface area contributed by atoms with Crippen LogP contribution in [-0.4, -0.2) is 6.54 Å². The highest BCUT2D eigenvalue weighted by Crippen LogP contribution is 2.12. The average Bonchev–Trinajstić information content (AvgIpc) is 2.19. The summed E-state index contributed by atoms with van der Waals surface area (Å²) in [6.45, 7) is 0.449. The molecule has 1 aromatic rings. The molecule has 0 bridgehead atoms. The Morgan fingerprint density at radius 2 is 2.29 bits per heavy atom. The molecule has 0 fully saturated rings. The number of nitrogens with two attached hydrogens (primary N) is 1. The molecule has 72 valence electrons. The quantitative estimate of drug-likeness (QED) is 0.790. The SMILES string of the molecule is N#CCc1cc(C=CCN)ccc1F. The standard InChI is InChI=1S/C11H11FN2/c12-11-4-3-9(2-1-6-13)8-10(11)5-7-14/h1-4,8H,5-6,13H2. The highest BCUT2D eigenvalue weighted by atomic mass is 19.1. The fourth-order valence-electron chi connectivity index (χ4n) is 1.12. The smallest absolute Gasteiger partial charge is 0.127 e. The molecule has 0 saturated carbocycles. The first kappa shape index (κ1) is 10.4. The minimum Gasteiger partial charge on any atom is -0.327 e. The van der Waals surface area contributed by atoms with Crippen molar-refractivity contribution in [2.24, 2.45) is 5.73 Å². The van der Waals surface area contributed by atoms with Crippen molar-refractivity contribution < 1.29 is 4.39 Å². The van der Waals surface area contributed by atoms with Crippen molar-refractivity contribution in [3.05, 3.63) is 41.2 Å². The fourth-order valence-corrected chi connectivity index (χ4v) is 1.12. The summed E-state index contributed by atoms with van der Waals surface area (Å²) in [4.78, 5) is 0. The lowest BCUT2D eigenvalue weighted by atomic mass is 10.1. The van der Waals surface area contributed by atoms with E-state index in [1.165, 1.54) is 6.07 Å². The predicted octanol–water partition coefficient (Wildman–Crippen LogP) is 1.86. The summed E-state index contributed by atoms with van der Waals surface area (Å²) in [5.74, 6) is -0.337. The maximum Gasteiger partial charge on any atom is 0.127 e. The molecule has 0 atom stereocenters. The number of benzene rings is 1. The lowest BCUT2D eigenvalue weighted by Gasteiger charge is -1.99. The molecule has 0 unspecified atom stereocenters. The molecule has 0 saturated heterocycles. The second-order valence-corrected chi connectivity index (χ2v) is 2.82. The van der Waals surface area contributed by atoms with Gasteiger partial charge in [-0.3, -0.25) is 0 Å². The average molecular weight is 190 g/mol. The van der Waals surface area contributed by atoms with Crippen molar-refractivity contribution >= 4 is 6.08 Å². The van der Waals surface area contributed by atoms with Crippen LogP contribution in [0.25, 0.3) is 6.08 Å². The van der Waals surface area contributed by atoms with E-state index in [0.717, 1.165) is 5.56 Å². The number of nitriles is 1. The van der Waals surface area contributed by atoms with Gasteiger partial charge in [-0.1, -0.05) is 18.2 Å². The van der Waals surface area contributed by atoms with Crippen LogP contribution in [-0.2, 0) is 6.42 Å². The molecule has 2 nitrogen and oxygen atoms in total. The van der Waals surface area contributed by atoms with Gasteiger partial charge in [0.15, 0.2) is 0 Å². The third-order valence-corrected chi connectivity index (χ3v) is 1.79. The largest absolute Gasteiger partial charge is 0.327 e. The van der Waals surface area contributed by atoms with Crippen LogP contribution in [0.15, 0.2) is 24.3 Å². The summed E-state index contributed by atoms with van der Waals surface area (Å²) in [5.41, 5.74) is 6.58. The Labute approximate surface area is 82.5 Å². The number of nitrogens with zero attached hydrogens (tertiary/aromatic N) is 1. The van der Waals surface area contributed by atoms with Gasteiger partial charge in [-0.25, -0.2) is 4.39 Å². The van der Waals surface area contributed by atoms with Gasteiger partial charge >= 0.3 is 0 Å². The molecule has 0 aliphatic carbocycles. The monoisotopic (exact) mass is 190 g/mol. The predicted molar refractivity (Wildman–Crippen MR) is 53.8 cm³/mol. The normalized spacial score (nSPS) is 10.4. The molecule has 2 N–H and O–H groups in total. The highest BCUT2D eigenvalue weighted by molar-refractivity contribution is 5.51. The summed E-state index contributed by atoms with van der Waals surface area (Å²) in [7, 11) is 0. The fraction of sp³-hybridized carbons (Fsp3) is 0.182. The van der Waals surface area contributed by atoms with E-state index in [1.54, 1.807) is 24.3 Å². The van der Waals surface area contributed by atoms with Gasteiger partial charge in [-0.2, -0.15) is 5.26 Å². The van der Waals surface area contributed by atoms with Crippen LogP contribution < -0.4 is 5.73 Å². The number of halogens is 1. The second kappa shape index (κ2) is 5.15. The van der Waals surface area contributed by atoms with Crippen LogP contribution in [0.2, 0.25) is 0 Å². The van der Waals surface area contributed by atoms with Crippen LogP contribution in [0.5, 0.6) is 0 Å². The Balaban J connectivity index is 2.95. The Morgan fingerprint density at radius 1 is 1.50 bits per heavy atom. The molecule has 0 aromatic heterocycles. The highest BCUT2D eigenvalue weighted by Gasteiger charge is 2.00. The van der Waals surface area contributed by atoms with Crippen molar-refractivity contribution in [2.75, 3.05) is 6.54 Å². The second-order valence-electron chi connectivity index (χ2n) is 2.82. The molecular formula is C11H11FN2. The number of hydrogen-bond donors (Lipinski definition) is 1. The third-order valence-electron chi connectivity index (χ3n) is 1.79. The van der Waals surface area contributed by atoms with Gasteiger partial charge in [0.05, 0.1) is 12.5 Å². The lowest BCUT2D eigenvalue weighted by Crippen LogP contribution is -1.93. The summed E-state index contributed by atoms with van der Waals surface area (Å²) in [6, 6.07) is 6.60. The Hall–Kier alpha value is -1.66. The molecule has 0 aliphatic rings. The summed E-state index contributed by atoms with van der Waals surface area (Å²) >= 11 is 0. The first-order valence-electron chi connectivity index (χ1n) is 4.30. The van der Waals surface area contributed by atoms with E-state index in [9.17, 15) is 4.39 Å². The minimum atomic E-state index is -0.337. The summed E-state index contributed by atoms with van der Waals surface area (Å²) < 4.78 is 13.1. The molecule has 0 heterocycles. The minimum absolute atomic E-state index is 0.0934. The number of rotatable bonds is 3. The van der Waals surface area contributed by atoms with Gasteiger partial charge < -0.3 is 5.73 Å². The van der Waals surface area contributed by atoms with Crippen molar-refractivity contribution in [1.29, 1.82) is 5.26 Å². The van der Waals surface area contributed by atoms with Crippen LogP contribution in [0.1, 0.15) is 11.1 Å². The van der Waals surface area contributed by atoms with Crippen LogP contribution >= 0.6 is 0 Å². The van der Waals surface area contributed by atoms with E-state index in [0.29, 0.717) is 12.1 Å². The van der Waals surface area contributed by atoms with Crippen molar-refractivity contribution in [2.45, 2.75) is 6.42 Å². The zero-order valence-corrected chi connectivity index (χ0v) is 7.70. The van der Waals surface area contributed by atoms with Gasteiger partial charge in [0.25, 0.3) is 0 Å². The van der Waals surface area contributed by atoms with E-state index < -0.39 is 0 Å². The zero-order valence-electron chi connectivity index (χ0n) is 7.70. The Kier molecular flexibility index (Phi) is 3.84. The summed E-state index contributed by atoms with van der Waals surface area (Å²) in [5, 5.41) is 8.46. The lowest BCUT2D eigenvalue weighted by molar-refractivity contribution is 0.615. The first-order valence-corrected chi connectivity index (χ1v) is 4.30. The molecule has 3 heteroatoms. The maximum atomic E-state index is 13.1. The molecule has 1 aromatic carbocycles. The van der Waals surface area contributed by atoms with Gasteiger partial charge in [-0.05, 0) is 17.7 Å². The molecule has 14 heavy (non-hydrogen) atoms. The molecule has 0 radical (unpaired) electrons. The molecule has 0 aliphatic heterocycles. The maximum absolute atomic E-state index is 13.1. The van der Waals surface area contributed by atoms with Crippen LogP contribution in [0, 0.1) is 17.1 Å². The van der Waals surface area contributed by atoms with Gasteiger partial charge in [0.2, 0.25) is 0 Å². The van der Waals surface area contributed by atoms with Gasteiger partial charge in [0.1, 0.15) is 5.82 Å². The topological polar surface area (TPSA) is 49.8 Å². The van der Waals surface area contributed by atoms with E-state index >= 15 is 0 Å². The van der Waals surface area contributed by atoms with Gasteiger partial charge in [-0.15, -0.1) is 0 Å². The van der Waals surface area contributed by atoms with Crippen molar-refractivity contribution in [3.63, 3.8) is 0 Å². The summed E-state index contributed by atoms with van der Waals surface area (Å²) in [6.07, 6.45) is 3.68. The molecule has 0 amide bonds. The molecular weight excluding hydrogens is 179 g/mol. The van der Waals surface area contributed by atoms with E-state index in [2.05, 4.69) is 0 Å². The van der Waals surface area contributed by atoms with Crippen molar-refractivity contribution in [3.8, 4) is 6.07 Å². The number of hydrogen-bond acceptors (Lipinski definition) is 2. The third kappa shape index (κ3) is 2.68. The molecule has 0 spiro atoms. The van der Waals surface area contributed by atoms with Crippen molar-refractivity contribution in [1.82, 2.24) is 0 Å². The van der Waals surface area contributed by atoms with Crippen LogP contribution in [0.4, 0.5) is 4.39 Å². The molecule has 1 rings (SSSR count). The Morgan fingerprint density at radius 3 is 2.93 bits per heavy atom.